The third kappa shape index (κ3) is 2.10. The molecule has 0 saturated carbocycles. The van der Waals surface area contributed by atoms with Gasteiger partial charge >= 0.3 is 0 Å². The van der Waals surface area contributed by atoms with Crippen molar-refractivity contribution in [1.82, 2.24) is 4.98 Å². The van der Waals surface area contributed by atoms with Crippen molar-refractivity contribution >= 4 is 11.7 Å². The molecule has 0 aliphatic carbocycles. The number of nitrogens with two attached hydrogens (primary N) is 2. The second-order valence-electron chi connectivity index (χ2n) is 3.53. The summed E-state index contributed by atoms with van der Waals surface area (Å²) in [4.78, 5) is 13.6. The third-order valence-electron chi connectivity index (χ3n) is 2.29. The number of carbonyl (C=O) groups excluding carboxylic acids is 1. The first-order chi connectivity index (χ1) is 7.97. The first kappa shape index (κ1) is 11.1. The monoisotopic (exact) mass is 237 g/mol. The van der Waals surface area contributed by atoms with Crippen LogP contribution in [0.25, 0.3) is 11.3 Å². The van der Waals surface area contributed by atoms with Crippen molar-refractivity contribution in [3.8, 4) is 11.3 Å². The molecule has 0 aliphatic heterocycles. The Morgan fingerprint density at radius 2 is 1.71 bits per heavy atom. The van der Waals surface area contributed by atoms with Gasteiger partial charge in [0.2, 0.25) is 0 Å². The van der Waals surface area contributed by atoms with Gasteiger partial charge in [0.05, 0.1) is 5.56 Å². The van der Waals surface area contributed by atoms with Crippen LogP contribution in [0.2, 0.25) is 0 Å². The van der Waals surface area contributed by atoms with E-state index >= 15 is 0 Å². The van der Waals surface area contributed by atoms with Gasteiger partial charge in [-0.3, -0.25) is 4.79 Å². The quantitative estimate of drug-likeness (QED) is 0.741. The lowest BCUT2D eigenvalue weighted by molar-refractivity contribution is 0.100. The Kier molecular flexibility index (Phi) is 2.55. The van der Waals surface area contributed by atoms with Gasteiger partial charge in [-0.2, -0.15) is 0 Å². The predicted molar refractivity (Wildman–Crippen MR) is 59.1 cm³/mol. The molecule has 88 valence electrons. The Bertz CT molecular complexity index is 572. The molecule has 0 saturated heterocycles. The van der Waals surface area contributed by atoms with Gasteiger partial charge in [-0.25, -0.2) is 8.78 Å². The molecule has 0 spiro atoms. The standard InChI is InChI=1S/C11H9F2N3O/c12-6-1-5(2-7(13)3-6)9-4-8(11(15)17)10(14)16-9/h1-4,16H,14H2,(H2,15,17). The van der Waals surface area contributed by atoms with Crippen molar-refractivity contribution in [1.29, 1.82) is 0 Å². The van der Waals surface area contributed by atoms with Gasteiger partial charge in [0.1, 0.15) is 17.5 Å². The van der Waals surface area contributed by atoms with E-state index in [1.807, 2.05) is 0 Å². The molecule has 1 heterocycles. The molecular weight excluding hydrogens is 228 g/mol. The number of halogens is 2. The van der Waals surface area contributed by atoms with E-state index in [-0.39, 0.29) is 16.9 Å². The highest BCUT2D eigenvalue weighted by Gasteiger charge is 2.12. The minimum absolute atomic E-state index is 0.0668. The maximum atomic E-state index is 13.0. The molecule has 17 heavy (non-hydrogen) atoms. The molecule has 1 aromatic heterocycles. The summed E-state index contributed by atoms with van der Waals surface area (Å²) in [6.07, 6.45) is 0. The first-order valence-corrected chi connectivity index (χ1v) is 4.72. The summed E-state index contributed by atoms with van der Waals surface area (Å²) in [5.74, 6) is -2.07. The Morgan fingerprint density at radius 3 is 2.18 bits per heavy atom. The fraction of sp³-hybridized carbons (Fsp3) is 0. The number of aromatic nitrogens is 1. The average Bonchev–Trinajstić information content (AvgIpc) is 2.59. The van der Waals surface area contributed by atoms with Gasteiger partial charge in [0.15, 0.2) is 0 Å². The van der Waals surface area contributed by atoms with Crippen LogP contribution in [0.3, 0.4) is 0 Å². The molecule has 0 unspecified atom stereocenters. The highest BCUT2D eigenvalue weighted by Crippen LogP contribution is 2.24. The highest BCUT2D eigenvalue weighted by atomic mass is 19.1. The first-order valence-electron chi connectivity index (χ1n) is 4.72. The number of benzene rings is 1. The van der Waals surface area contributed by atoms with Crippen LogP contribution in [-0.4, -0.2) is 10.9 Å². The number of anilines is 1. The molecule has 5 N–H and O–H groups in total. The van der Waals surface area contributed by atoms with Crippen LogP contribution in [0.1, 0.15) is 10.4 Å². The maximum absolute atomic E-state index is 13.0. The zero-order valence-corrected chi connectivity index (χ0v) is 8.63. The fourth-order valence-electron chi connectivity index (χ4n) is 1.54. The highest BCUT2D eigenvalue weighted by molar-refractivity contribution is 5.98. The molecule has 6 heteroatoms. The van der Waals surface area contributed by atoms with Crippen LogP contribution in [0.15, 0.2) is 24.3 Å². The van der Waals surface area contributed by atoms with Crippen LogP contribution in [0, 0.1) is 11.6 Å². The van der Waals surface area contributed by atoms with Gasteiger partial charge in [-0.05, 0) is 18.2 Å². The molecule has 0 radical (unpaired) electrons. The average molecular weight is 237 g/mol. The van der Waals surface area contributed by atoms with E-state index < -0.39 is 17.5 Å². The number of nitrogens with one attached hydrogen (secondary N) is 1. The number of amides is 1. The van der Waals surface area contributed by atoms with Crippen molar-refractivity contribution in [2.24, 2.45) is 5.73 Å². The van der Waals surface area contributed by atoms with Crippen molar-refractivity contribution in [3.05, 3.63) is 41.5 Å². The van der Waals surface area contributed by atoms with E-state index in [0.29, 0.717) is 5.69 Å². The third-order valence-corrected chi connectivity index (χ3v) is 2.29. The second kappa shape index (κ2) is 3.89. The second-order valence-corrected chi connectivity index (χ2v) is 3.53. The van der Waals surface area contributed by atoms with Crippen molar-refractivity contribution in [3.63, 3.8) is 0 Å². The maximum Gasteiger partial charge on any atom is 0.252 e. The van der Waals surface area contributed by atoms with E-state index in [2.05, 4.69) is 4.98 Å². The summed E-state index contributed by atoms with van der Waals surface area (Å²) in [5, 5.41) is 0. The Balaban J connectivity index is 2.53. The van der Waals surface area contributed by atoms with Crippen LogP contribution < -0.4 is 11.5 Å². The molecule has 1 aromatic carbocycles. The molecule has 4 nitrogen and oxygen atoms in total. The van der Waals surface area contributed by atoms with Crippen LogP contribution in [0.5, 0.6) is 0 Å². The normalized spacial score (nSPS) is 10.5. The summed E-state index contributed by atoms with van der Waals surface area (Å²) in [6.45, 7) is 0. The number of carbonyl (C=O) groups is 1. The van der Waals surface area contributed by atoms with Gasteiger partial charge < -0.3 is 16.5 Å². The Morgan fingerprint density at radius 1 is 1.12 bits per heavy atom. The molecule has 0 atom stereocenters. The number of rotatable bonds is 2. The fourth-order valence-corrected chi connectivity index (χ4v) is 1.54. The van der Waals surface area contributed by atoms with Crippen molar-refractivity contribution in [2.75, 3.05) is 5.73 Å². The van der Waals surface area contributed by atoms with E-state index in [0.717, 1.165) is 18.2 Å². The number of primary amides is 1. The minimum atomic E-state index is -0.714. The van der Waals surface area contributed by atoms with Gasteiger partial charge in [0.25, 0.3) is 5.91 Å². The number of aromatic amines is 1. The molecule has 2 rings (SSSR count). The lowest BCUT2D eigenvalue weighted by Crippen LogP contribution is -2.11. The largest absolute Gasteiger partial charge is 0.385 e. The molecule has 0 aliphatic rings. The molecule has 0 bridgehead atoms. The molecule has 0 fully saturated rings. The van der Waals surface area contributed by atoms with Crippen molar-refractivity contribution < 1.29 is 13.6 Å². The smallest absolute Gasteiger partial charge is 0.252 e. The lowest BCUT2D eigenvalue weighted by Gasteiger charge is -1.98. The minimum Gasteiger partial charge on any atom is -0.385 e. The van der Waals surface area contributed by atoms with E-state index in [9.17, 15) is 13.6 Å². The number of hydrogen-bond acceptors (Lipinski definition) is 2. The number of H-pyrrole nitrogens is 1. The summed E-state index contributed by atoms with van der Waals surface area (Å²) >= 11 is 0. The van der Waals surface area contributed by atoms with E-state index in [1.54, 1.807) is 0 Å². The molecule has 1 amide bonds. The number of hydrogen-bond donors (Lipinski definition) is 3. The van der Waals surface area contributed by atoms with Gasteiger partial charge in [-0.1, -0.05) is 0 Å². The zero-order valence-electron chi connectivity index (χ0n) is 8.63. The molecular formula is C11H9F2N3O. The summed E-state index contributed by atoms with van der Waals surface area (Å²) in [6, 6.07) is 4.36. The number of nitrogen functional groups attached to an aromatic ring is 1. The van der Waals surface area contributed by atoms with E-state index in [4.69, 9.17) is 11.5 Å². The summed E-state index contributed by atoms with van der Waals surface area (Å²) < 4.78 is 26.0. The Hall–Kier alpha value is -2.37. The molecule has 2 aromatic rings. The summed E-state index contributed by atoms with van der Waals surface area (Å²) in [7, 11) is 0. The van der Waals surface area contributed by atoms with Crippen LogP contribution >= 0.6 is 0 Å². The van der Waals surface area contributed by atoms with Gasteiger partial charge in [0, 0.05) is 17.3 Å². The van der Waals surface area contributed by atoms with Crippen LogP contribution in [0.4, 0.5) is 14.6 Å². The van der Waals surface area contributed by atoms with E-state index in [1.165, 1.54) is 6.07 Å². The van der Waals surface area contributed by atoms with Crippen LogP contribution in [-0.2, 0) is 0 Å². The van der Waals surface area contributed by atoms with Crippen molar-refractivity contribution in [2.45, 2.75) is 0 Å². The predicted octanol–water partition coefficient (Wildman–Crippen LogP) is 1.64. The zero-order chi connectivity index (χ0) is 12.6. The van der Waals surface area contributed by atoms with Gasteiger partial charge in [-0.15, -0.1) is 0 Å². The topological polar surface area (TPSA) is 84.9 Å². The summed E-state index contributed by atoms with van der Waals surface area (Å²) in [5.41, 5.74) is 11.3. The Labute approximate surface area is 95.2 Å². The lowest BCUT2D eigenvalue weighted by atomic mass is 10.1. The SMILES string of the molecule is NC(=O)c1cc(-c2cc(F)cc(F)c2)[nH]c1N.